The second-order valence-electron chi connectivity index (χ2n) is 7.34. The van der Waals surface area contributed by atoms with Crippen molar-refractivity contribution in [2.45, 2.75) is 45.4 Å². The molecular weight excluding hydrogens is 374 g/mol. The molecule has 0 N–H and O–H groups in total. The monoisotopic (exact) mass is 405 g/mol. The lowest BCUT2D eigenvalue weighted by molar-refractivity contribution is -0.160. The minimum atomic E-state index is -0.632. The second-order valence-corrected chi connectivity index (χ2v) is 7.34. The van der Waals surface area contributed by atoms with Crippen LogP contribution in [0.25, 0.3) is 0 Å². The van der Waals surface area contributed by atoms with Gasteiger partial charge in [0.1, 0.15) is 5.75 Å². The van der Waals surface area contributed by atoms with Gasteiger partial charge in [0.25, 0.3) is 0 Å². The van der Waals surface area contributed by atoms with Gasteiger partial charge in [0.2, 0.25) is 5.91 Å². The third-order valence-corrected chi connectivity index (χ3v) is 5.48. The molecule has 1 aliphatic heterocycles. The molecule has 0 aromatic heterocycles. The number of benzene rings is 1. The lowest BCUT2D eigenvalue weighted by Crippen LogP contribution is -2.48. The number of carbonyl (C=O) groups is 3. The van der Waals surface area contributed by atoms with Crippen LogP contribution < -0.4 is 4.74 Å². The van der Waals surface area contributed by atoms with E-state index in [1.165, 1.54) is 7.11 Å². The van der Waals surface area contributed by atoms with Crippen molar-refractivity contribution in [2.24, 2.45) is 5.41 Å². The topological polar surface area (TPSA) is 82.1 Å². The van der Waals surface area contributed by atoms with Crippen LogP contribution in [0, 0.1) is 5.41 Å². The van der Waals surface area contributed by atoms with Gasteiger partial charge in [-0.2, -0.15) is 0 Å². The van der Waals surface area contributed by atoms with Crippen molar-refractivity contribution in [3.8, 4) is 5.75 Å². The molecule has 1 aromatic carbocycles. The number of amides is 1. The third-order valence-electron chi connectivity index (χ3n) is 5.48. The maximum atomic E-state index is 12.8. The number of piperidine rings is 1. The predicted molar refractivity (Wildman–Crippen MR) is 107 cm³/mol. The zero-order valence-electron chi connectivity index (χ0n) is 17.6. The largest absolute Gasteiger partial charge is 0.497 e. The molecule has 0 bridgehead atoms. The minimum Gasteiger partial charge on any atom is -0.497 e. The van der Waals surface area contributed by atoms with Crippen molar-refractivity contribution in [1.82, 2.24) is 4.90 Å². The van der Waals surface area contributed by atoms with Gasteiger partial charge in [-0.1, -0.05) is 12.1 Å². The first kappa shape index (κ1) is 22.7. The molecule has 0 atom stereocenters. The molecule has 29 heavy (non-hydrogen) atoms. The summed E-state index contributed by atoms with van der Waals surface area (Å²) in [4.78, 5) is 38.2. The number of likely N-dealkylation sites (tertiary alicyclic amines) is 1. The molecule has 0 saturated carbocycles. The quantitative estimate of drug-likeness (QED) is 0.588. The average Bonchev–Trinajstić information content (AvgIpc) is 2.74. The molecule has 1 amide bonds. The van der Waals surface area contributed by atoms with Crippen LogP contribution in [-0.4, -0.2) is 56.7 Å². The van der Waals surface area contributed by atoms with Gasteiger partial charge >= 0.3 is 11.9 Å². The SMILES string of the molecule is CCOC(=O)C1(Cc2ccc(OC)cc2)CCN(C(=O)CCCC(=O)OC)CC1. The van der Waals surface area contributed by atoms with E-state index >= 15 is 0 Å². The Morgan fingerprint density at radius 1 is 1.03 bits per heavy atom. The highest BCUT2D eigenvalue weighted by molar-refractivity contribution is 5.80. The fraction of sp³-hybridized carbons (Fsp3) is 0.591. The molecule has 1 aliphatic rings. The van der Waals surface area contributed by atoms with Crippen LogP contribution in [0.15, 0.2) is 24.3 Å². The Kier molecular flexibility index (Phi) is 8.49. The predicted octanol–water partition coefficient (Wildman–Crippen LogP) is 2.75. The first-order chi connectivity index (χ1) is 13.9. The fourth-order valence-corrected chi connectivity index (χ4v) is 3.70. The summed E-state index contributed by atoms with van der Waals surface area (Å²) in [6.07, 6.45) is 2.69. The number of nitrogens with zero attached hydrogens (tertiary/aromatic N) is 1. The normalized spacial score (nSPS) is 15.5. The number of esters is 2. The van der Waals surface area contributed by atoms with Crippen molar-refractivity contribution in [3.63, 3.8) is 0 Å². The summed E-state index contributed by atoms with van der Waals surface area (Å²) < 4.78 is 15.2. The van der Waals surface area contributed by atoms with Crippen LogP contribution in [0.3, 0.4) is 0 Å². The number of ether oxygens (including phenoxy) is 3. The lowest BCUT2D eigenvalue weighted by Gasteiger charge is -2.40. The molecule has 0 aliphatic carbocycles. The number of methoxy groups -OCH3 is 2. The Balaban J connectivity index is 2.00. The Hall–Kier alpha value is -2.57. The van der Waals surface area contributed by atoms with Gasteiger partial charge in [-0.05, 0) is 50.3 Å². The van der Waals surface area contributed by atoms with E-state index < -0.39 is 5.41 Å². The summed E-state index contributed by atoms with van der Waals surface area (Å²) in [6.45, 7) is 3.15. The lowest BCUT2D eigenvalue weighted by atomic mass is 9.73. The summed E-state index contributed by atoms with van der Waals surface area (Å²) in [7, 11) is 2.96. The molecule has 1 aromatic rings. The Labute approximate surface area is 172 Å². The Bertz CT molecular complexity index is 692. The molecule has 2 rings (SSSR count). The molecule has 1 fully saturated rings. The molecule has 0 unspecified atom stereocenters. The molecule has 1 saturated heterocycles. The van der Waals surface area contributed by atoms with Crippen molar-refractivity contribution < 1.29 is 28.6 Å². The molecule has 160 valence electrons. The van der Waals surface area contributed by atoms with Crippen LogP contribution in [-0.2, 0) is 30.3 Å². The highest BCUT2D eigenvalue weighted by Crippen LogP contribution is 2.37. The number of rotatable bonds is 9. The Morgan fingerprint density at radius 2 is 1.69 bits per heavy atom. The maximum Gasteiger partial charge on any atom is 0.312 e. The summed E-state index contributed by atoms with van der Waals surface area (Å²) in [5.41, 5.74) is 0.407. The average molecular weight is 405 g/mol. The van der Waals surface area contributed by atoms with Crippen molar-refractivity contribution >= 4 is 17.8 Å². The van der Waals surface area contributed by atoms with Crippen LogP contribution in [0.4, 0.5) is 0 Å². The second kappa shape index (κ2) is 10.8. The zero-order chi connectivity index (χ0) is 21.3. The molecule has 7 heteroatoms. The van der Waals surface area contributed by atoms with Gasteiger partial charge in [0.05, 0.1) is 26.2 Å². The van der Waals surface area contributed by atoms with Gasteiger partial charge in [0.15, 0.2) is 0 Å². The standard InChI is InChI=1S/C22H31NO6/c1-4-29-21(26)22(16-17-8-10-18(27-2)11-9-17)12-14-23(15-13-22)19(24)6-5-7-20(25)28-3/h8-11H,4-7,12-16H2,1-3H3. The van der Waals surface area contributed by atoms with Crippen LogP contribution in [0.1, 0.15) is 44.6 Å². The van der Waals surface area contributed by atoms with Gasteiger partial charge in [-0.15, -0.1) is 0 Å². The van der Waals surface area contributed by atoms with Crippen LogP contribution in [0.2, 0.25) is 0 Å². The van der Waals surface area contributed by atoms with E-state index in [4.69, 9.17) is 9.47 Å². The summed E-state index contributed by atoms with van der Waals surface area (Å²) >= 11 is 0. The van der Waals surface area contributed by atoms with E-state index in [0.29, 0.717) is 51.8 Å². The number of hydrogen-bond donors (Lipinski definition) is 0. The third kappa shape index (κ3) is 6.21. The zero-order valence-corrected chi connectivity index (χ0v) is 17.6. The van der Waals surface area contributed by atoms with E-state index in [2.05, 4.69) is 4.74 Å². The minimum absolute atomic E-state index is 0.0100. The first-order valence-electron chi connectivity index (χ1n) is 10.1. The van der Waals surface area contributed by atoms with Gasteiger partial charge in [-0.25, -0.2) is 0 Å². The summed E-state index contributed by atoms with van der Waals surface area (Å²) in [5.74, 6) is 0.271. The Morgan fingerprint density at radius 3 is 2.24 bits per heavy atom. The van der Waals surface area contributed by atoms with Crippen LogP contribution >= 0.6 is 0 Å². The van der Waals surface area contributed by atoms with Gasteiger partial charge < -0.3 is 19.1 Å². The first-order valence-corrected chi connectivity index (χ1v) is 10.1. The van der Waals surface area contributed by atoms with E-state index in [0.717, 1.165) is 11.3 Å². The summed E-state index contributed by atoms with van der Waals surface area (Å²) in [5, 5.41) is 0. The van der Waals surface area contributed by atoms with E-state index in [1.807, 2.05) is 24.3 Å². The highest BCUT2D eigenvalue weighted by Gasteiger charge is 2.43. The van der Waals surface area contributed by atoms with Crippen molar-refractivity contribution in [2.75, 3.05) is 33.9 Å². The van der Waals surface area contributed by atoms with E-state index in [9.17, 15) is 14.4 Å². The van der Waals surface area contributed by atoms with Crippen molar-refractivity contribution in [1.29, 1.82) is 0 Å². The number of carbonyl (C=O) groups excluding carboxylic acids is 3. The number of hydrogen-bond acceptors (Lipinski definition) is 6. The maximum absolute atomic E-state index is 12.8. The molecule has 7 nitrogen and oxygen atoms in total. The molecule has 0 spiro atoms. The van der Waals surface area contributed by atoms with Crippen molar-refractivity contribution in [3.05, 3.63) is 29.8 Å². The molecular formula is C22H31NO6. The van der Waals surface area contributed by atoms with Crippen LogP contribution in [0.5, 0.6) is 5.75 Å². The molecule has 1 heterocycles. The van der Waals surface area contributed by atoms with Gasteiger partial charge in [-0.3, -0.25) is 14.4 Å². The van der Waals surface area contributed by atoms with E-state index in [1.54, 1.807) is 18.9 Å². The fourth-order valence-electron chi connectivity index (χ4n) is 3.70. The molecule has 0 radical (unpaired) electrons. The van der Waals surface area contributed by atoms with E-state index in [-0.39, 0.29) is 24.3 Å². The smallest absolute Gasteiger partial charge is 0.312 e. The summed E-state index contributed by atoms with van der Waals surface area (Å²) in [6, 6.07) is 7.69. The van der Waals surface area contributed by atoms with Gasteiger partial charge in [0, 0.05) is 25.9 Å². The highest BCUT2D eigenvalue weighted by atomic mass is 16.5.